The molecule has 3 heterocycles. The van der Waals surface area contributed by atoms with Gasteiger partial charge in [-0.05, 0) is 61.6 Å². The van der Waals surface area contributed by atoms with Gasteiger partial charge < -0.3 is 15.5 Å². The number of amides is 2. The molecule has 3 aliphatic heterocycles. The van der Waals surface area contributed by atoms with Crippen molar-refractivity contribution in [3.8, 4) is 6.07 Å². The quantitative estimate of drug-likeness (QED) is 0.712. The molecule has 6 rings (SSSR count). The largest absolute Gasteiger partial charge is 0.330 e. The van der Waals surface area contributed by atoms with E-state index in [0.29, 0.717) is 24.9 Å². The van der Waals surface area contributed by atoms with Crippen LogP contribution >= 0.6 is 0 Å². The number of likely N-dealkylation sites (tertiary alicyclic amines) is 3. The lowest BCUT2D eigenvalue weighted by Gasteiger charge is -2.45. The first-order valence-corrected chi connectivity index (χ1v) is 12.3. The third kappa shape index (κ3) is 3.36. The molecule has 5 fully saturated rings. The summed E-state index contributed by atoms with van der Waals surface area (Å²) in [6.45, 7) is 1.05. The minimum atomic E-state index is -0.722. The van der Waals surface area contributed by atoms with E-state index in [9.17, 15) is 19.2 Å². The summed E-state index contributed by atoms with van der Waals surface area (Å²) in [5, 5.41) is 9.40. The molecule has 174 valence electrons. The maximum atomic E-state index is 13.5. The maximum absolute atomic E-state index is 13.5. The highest BCUT2D eigenvalue weighted by atomic mass is 19.1. The smallest absolute Gasteiger partial charge is 0.242 e. The number of nitrogens with zero attached hydrogens (tertiary/aromatic N) is 4. The van der Waals surface area contributed by atoms with Crippen molar-refractivity contribution in [3.05, 3.63) is 35.6 Å². The summed E-state index contributed by atoms with van der Waals surface area (Å²) in [5.74, 6) is 0.557. The lowest BCUT2D eigenvalue weighted by atomic mass is 9.76. The van der Waals surface area contributed by atoms with Crippen LogP contribution in [0.2, 0.25) is 0 Å². The normalized spacial score (nSPS) is 34.7. The van der Waals surface area contributed by atoms with Crippen LogP contribution in [0.1, 0.15) is 50.1 Å². The van der Waals surface area contributed by atoms with Gasteiger partial charge in [-0.25, -0.2) is 4.39 Å². The number of hydrogen-bond acceptors (Lipinski definition) is 5. The third-order valence-corrected chi connectivity index (χ3v) is 8.68. The molecule has 1 unspecified atom stereocenters. The fourth-order valence-electron chi connectivity index (χ4n) is 6.74. The van der Waals surface area contributed by atoms with Gasteiger partial charge in [-0.1, -0.05) is 18.6 Å². The van der Waals surface area contributed by atoms with E-state index in [4.69, 9.17) is 5.73 Å². The Morgan fingerprint density at radius 3 is 2.61 bits per heavy atom. The van der Waals surface area contributed by atoms with Crippen molar-refractivity contribution in [1.29, 1.82) is 5.26 Å². The van der Waals surface area contributed by atoms with E-state index in [0.717, 1.165) is 37.7 Å². The van der Waals surface area contributed by atoms with Gasteiger partial charge >= 0.3 is 0 Å². The summed E-state index contributed by atoms with van der Waals surface area (Å²) in [5.41, 5.74) is 7.34. The summed E-state index contributed by atoms with van der Waals surface area (Å²) < 4.78 is 13.5. The summed E-state index contributed by atoms with van der Waals surface area (Å²) in [4.78, 5) is 32.4. The Bertz CT molecular complexity index is 1010. The molecule has 7 nitrogen and oxygen atoms in total. The lowest BCUT2D eigenvalue weighted by molar-refractivity contribution is -0.143. The van der Waals surface area contributed by atoms with Gasteiger partial charge in [0.2, 0.25) is 11.8 Å². The fourth-order valence-corrected chi connectivity index (χ4v) is 6.74. The van der Waals surface area contributed by atoms with Crippen molar-refractivity contribution in [2.75, 3.05) is 13.1 Å². The number of carbonyl (C=O) groups is 2. The van der Waals surface area contributed by atoms with Crippen LogP contribution in [0.4, 0.5) is 4.39 Å². The first-order valence-electron chi connectivity index (χ1n) is 12.3. The second-order valence-electron chi connectivity index (χ2n) is 10.6. The van der Waals surface area contributed by atoms with Crippen LogP contribution in [-0.4, -0.2) is 69.8 Å². The van der Waals surface area contributed by atoms with Crippen molar-refractivity contribution in [1.82, 2.24) is 14.7 Å². The van der Waals surface area contributed by atoms with E-state index in [-0.39, 0.29) is 47.8 Å². The monoisotopic (exact) mass is 451 g/mol. The Labute approximate surface area is 193 Å². The molecule has 5 aliphatic rings. The maximum Gasteiger partial charge on any atom is 0.242 e. The van der Waals surface area contributed by atoms with Crippen LogP contribution in [0.25, 0.3) is 0 Å². The van der Waals surface area contributed by atoms with E-state index >= 15 is 0 Å². The number of hydrogen-bond donors (Lipinski definition) is 1. The Kier molecular flexibility index (Phi) is 4.96. The van der Waals surface area contributed by atoms with Crippen molar-refractivity contribution in [2.24, 2.45) is 17.6 Å². The van der Waals surface area contributed by atoms with Crippen molar-refractivity contribution < 1.29 is 14.0 Å². The number of nitrogens with two attached hydrogens (primary N) is 1. The number of benzene rings is 1. The predicted octanol–water partition coefficient (Wildman–Crippen LogP) is 1.79. The highest BCUT2D eigenvalue weighted by Gasteiger charge is 2.56. The van der Waals surface area contributed by atoms with Gasteiger partial charge in [-0.15, -0.1) is 0 Å². The SMILES string of the molecule is N#C[C@@H]1CC2C[C@@H]2N1C(=O)[C@@H](N)CN1C[C@H]2C[C@@H]1C(=O)N2[C@H](c1ccc(F)cc1)C1CCC1. The molecule has 0 spiro atoms. The zero-order valence-electron chi connectivity index (χ0n) is 18.6. The number of rotatable bonds is 6. The van der Waals surface area contributed by atoms with Crippen LogP contribution < -0.4 is 5.73 Å². The highest BCUT2D eigenvalue weighted by molar-refractivity contribution is 5.87. The molecule has 8 heteroatoms. The molecule has 0 aromatic heterocycles. The number of nitriles is 1. The van der Waals surface area contributed by atoms with Gasteiger partial charge in [-0.2, -0.15) is 5.26 Å². The van der Waals surface area contributed by atoms with Gasteiger partial charge in [-0.3, -0.25) is 14.5 Å². The summed E-state index contributed by atoms with van der Waals surface area (Å²) in [6.07, 6.45) is 5.83. The Hall–Kier alpha value is -2.50. The molecule has 2 aliphatic carbocycles. The Balaban J connectivity index is 1.15. The third-order valence-electron chi connectivity index (χ3n) is 8.68. The minimum Gasteiger partial charge on any atom is -0.330 e. The molecule has 0 radical (unpaired) electrons. The molecule has 1 aromatic rings. The van der Waals surface area contributed by atoms with Crippen molar-refractivity contribution >= 4 is 11.8 Å². The predicted molar refractivity (Wildman–Crippen MR) is 118 cm³/mol. The lowest BCUT2D eigenvalue weighted by Crippen LogP contribution is -2.58. The number of halogens is 1. The Morgan fingerprint density at radius 2 is 1.97 bits per heavy atom. The summed E-state index contributed by atoms with van der Waals surface area (Å²) >= 11 is 0. The first-order chi connectivity index (χ1) is 16.0. The molecule has 2 N–H and O–H groups in total. The first kappa shape index (κ1) is 21.1. The molecule has 2 saturated carbocycles. The van der Waals surface area contributed by atoms with Gasteiger partial charge in [0.1, 0.15) is 11.9 Å². The highest BCUT2D eigenvalue weighted by Crippen LogP contribution is 2.49. The zero-order chi connectivity index (χ0) is 22.9. The van der Waals surface area contributed by atoms with Gasteiger partial charge in [0.05, 0.1) is 24.2 Å². The molecular formula is C25H30FN5O2. The number of fused-ring (bicyclic) bond motifs is 3. The molecule has 7 atom stereocenters. The second-order valence-corrected chi connectivity index (χ2v) is 10.6. The number of piperazine rings is 1. The average Bonchev–Trinajstić information content (AvgIpc) is 3.11. The fraction of sp³-hybridized carbons (Fsp3) is 0.640. The van der Waals surface area contributed by atoms with E-state index < -0.39 is 6.04 Å². The topological polar surface area (TPSA) is 93.7 Å². The standard InChI is InChI=1S/C25H30FN5O2/c26-17-6-4-15(5-7-17)23(14-2-1-3-14)31-19-10-22(25(31)33)29(12-19)13-20(28)24(32)30-18(11-27)8-16-9-21(16)30/h4-7,14,16,18-23H,1-3,8-10,12-13,28H2/t16?,18-,19+,20-,21-,22+,23-/m0/s1. The molecule has 2 bridgehead atoms. The van der Waals surface area contributed by atoms with Gasteiger partial charge in [0.15, 0.2) is 0 Å². The summed E-state index contributed by atoms with van der Waals surface area (Å²) in [6, 6.07) is 7.77. The van der Waals surface area contributed by atoms with Gasteiger partial charge in [0, 0.05) is 25.2 Å². The molecule has 2 amide bonds. The van der Waals surface area contributed by atoms with Crippen LogP contribution in [0.3, 0.4) is 0 Å². The second kappa shape index (κ2) is 7.78. The molecular weight excluding hydrogens is 421 g/mol. The van der Waals surface area contributed by atoms with Crippen molar-refractivity contribution in [3.63, 3.8) is 0 Å². The number of carbonyl (C=O) groups excluding carboxylic acids is 2. The number of piperidine rings is 1. The van der Waals surface area contributed by atoms with Crippen LogP contribution in [0, 0.1) is 29.0 Å². The molecule has 1 aromatic carbocycles. The van der Waals surface area contributed by atoms with Crippen molar-refractivity contribution in [2.45, 2.75) is 74.8 Å². The Morgan fingerprint density at radius 1 is 1.21 bits per heavy atom. The molecule has 33 heavy (non-hydrogen) atoms. The summed E-state index contributed by atoms with van der Waals surface area (Å²) in [7, 11) is 0. The van der Waals surface area contributed by atoms with Crippen LogP contribution in [0.5, 0.6) is 0 Å². The molecule has 3 saturated heterocycles. The van der Waals surface area contributed by atoms with Crippen LogP contribution in [-0.2, 0) is 9.59 Å². The van der Waals surface area contributed by atoms with E-state index in [1.807, 2.05) is 17.0 Å². The zero-order valence-corrected chi connectivity index (χ0v) is 18.6. The van der Waals surface area contributed by atoms with Gasteiger partial charge in [0.25, 0.3) is 0 Å². The minimum absolute atomic E-state index is 0.00732. The van der Waals surface area contributed by atoms with E-state index in [1.165, 1.54) is 18.6 Å². The van der Waals surface area contributed by atoms with E-state index in [1.54, 1.807) is 4.90 Å². The van der Waals surface area contributed by atoms with E-state index in [2.05, 4.69) is 11.0 Å². The average molecular weight is 452 g/mol. The van der Waals surface area contributed by atoms with Crippen LogP contribution in [0.15, 0.2) is 24.3 Å².